The van der Waals surface area contributed by atoms with Crippen LogP contribution in [0.5, 0.6) is 0 Å². The number of primary amides is 1. The Kier molecular flexibility index (Phi) is 13.7. The van der Waals surface area contributed by atoms with Gasteiger partial charge in [-0.1, -0.05) is 63.4 Å². The molecule has 0 saturated carbocycles. The normalized spacial score (nSPS) is 13.7. The van der Waals surface area contributed by atoms with Crippen molar-refractivity contribution < 1.29 is 23.9 Å². The second-order valence-electron chi connectivity index (χ2n) is 10.5. The van der Waals surface area contributed by atoms with E-state index >= 15 is 0 Å². The fraction of sp³-hybridized carbons (Fsp3) is 0.643. The molecule has 3 unspecified atom stereocenters. The summed E-state index contributed by atoms with van der Waals surface area (Å²) in [5.41, 5.74) is 5.25. The number of nitrogens with zero attached hydrogens (tertiary/aromatic N) is 1. The Morgan fingerprint density at radius 3 is 2.16 bits per heavy atom. The zero-order chi connectivity index (χ0) is 28.0. The summed E-state index contributed by atoms with van der Waals surface area (Å²) in [6.07, 6.45) is 3.30. The van der Waals surface area contributed by atoms with Crippen molar-refractivity contribution in [1.29, 1.82) is 0 Å². The zero-order valence-electron chi connectivity index (χ0n) is 23.3. The summed E-state index contributed by atoms with van der Waals surface area (Å²) in [7, 11) is 0. The third-order valence-electron chi connectivity index (χ3n) is 5.74. The van der Waals surface area contributed by atoms with Gasteiger partial charge in [0.15, 0.2) is 0 Å². The average molecular weight is 519 g/mol. The largest absolute Gasteiger partial charge is 0.444 e. The van der Waals surface area contributed by atoms with E-state index < -0.39 is 35.6 Å². The molecule has 0 aliphatic carbocycles. The van der Waals surface area contributed by atoms with E-state index in [9.17, 15) is 19.2 Å². The zero-order valence-corrected chi connectivity index (χ0v) is 23.3. The number of carbonyl (C=O) groups excluding carboxylic acids is 4. The first kappa shape index (κ1) is 31.9. The van der Waals surface area contributed by atoms with Crippen molar-refractivity contribution in [3.8, 4) is 0 Å². The molecule has 1 aromatic rings. The highest BCUT2D eigenvalue weighted by Gasteiger charge is 2.36. The Labute approximate surface area is 221 Å². The number of amides is 4. The second kappa shape index (κ2) is 15.9. The van der Waals surface area contributed by atoms with E-state index in [0.29, 0.717) is 18.5 Å². The molecule has 1 rings (SSSR count). The van der Waals surface area contributed by atoms with Gasteiger partial charge in [-0.25, -0.2) is 4.79 Å². The average Bonchev–Trinajstić information content (AvgIpc) is 2.80. The van der Waals surface area contributed by atoms with Crippen molar-refractivity contribution in [2.24, 2.45) is 5.73 Å². The van der Waals surface area contributed by atoms with Crippen LogP contribution in [0.25, 0.3) is 0 Å². The number of rotatable bonds is 15. The van der Waals surface area contributed by atoms with E-state index in [1.807, 2.05) is 44.2 Å². The number of hydrogen-bond donors (Lipinski definition) is 3. The number of hydrogen-bond acceptors (Lipinski definition) is 5. The highest BCUT2D eigenvalue weighted by atomic mass is 16.6. The molecule has 0 radical (unpaired) electrons. The molecule has 0 aromatic heterocycles. The fourth-order valence-corrected chi connectivity index (χ4v) is 4.03. The lowest BCUT2D eigenvalue weighted by Crippen LogP contribution is -2.54. The van der Waals surface area contributed by atoms with Gasteiger partial charge in [0.2, 0.25) is 17.7 Å². The molecule has 0 aliphatic rings. The summed E-state index contributed by atoms with van der Waals surface area (Å²) < 4.78 is 5.36. The molecule has 4 amide bonds. The van der Waals surface area contributed by atoms with Gasteiger partial charge in [0.1, 0.15) is 17.7 Å². The van der Waals surface area contributed by atoms with Gasteiger partial charge in [0.05, 0.1) is 0 Å². The molecule has 3 atom stereocenters. The summed E-state index contributed by atoms with van der Waals surface area (Å²) in [4.78, 5) is 53.3. The fourth-order valence-electron chi connectivity index (χ4n) is 4.03. The molecule has 0 saturated heterocycles. The lowest BCUT2D eigenvalue weighted by molar-refractivity contribution is -0.143. The molecule has 208 valence electrons. The van der Waals surface area contributed by atoms with Gasteiger partial charge in [-0.2, -0.15) is 0 Å². The van der Waals surface area contributed by atoms with Crippen molar-refractivity contribution in [2.75, 3.05) is 6.54 Å². The number of unbranched alkanes of at least 4 members (excludes halogenated alkanes) is 2. The van der Waals surface area contributed by atoms with Crippen LogP contribution in [0, 0.1) is 0 Å². The number of ether oxygens (including phenoxy) is 1. The van der Waals surface area contributed by atoms with Gasteiger partial charge in [-0.3, -0.25) is 14.4 Å². The summed E-state index contributed by atoms with van der Waals surface area (Å²) in [5, 5.41) is 5.66. The number of nitrogens with one attached hydrogen (secondary N) is 2. The molecule has 37 heavy (non-hydrogen) atoms. The maximum atomic E-state index is 14.0. The van der Waals surface area contributed by atoms with Crippen LogP contribution in [0.1, 0.15) is 98.1 Å². The minimum atomic E-state index is -1.09. The first-order valence-corrected chi connectivity index (χ1v) is 13.3. The van der Waals surface area contributed by atoms with Crippen LogP contribution in [0.2, 0.25) is 0 Å². The topological polar surface area (TPSA) is 131 Å². The molecule has 1 aromatic carbocycles. The van der Waals surface area contributed by atoms with Crippen LogP contribution in [0.4, 0.5) is 4.79 Å². The van der Waals surface area contributed by atoms with Crippen LogP contribution in [-0.4, -0.2) is 52.9 Å². The Balaban J connectivity index is 3.43. The predicted molar refractivity (Wildman–Crippen MR) is 145 cm³/mol. The summed E-state index contributed by atoms with van der Waals surface area (Å²) >= 11 is 0. The monoisotopic (exact) mass is 518 g/mol. The minimum absolute atomic E-state index is 0.00689. The van der Waals surface area contributed by atoms with Crippen LogP contribution >= 0.6 is 0 Å². The van der Waals surface area contributed by atoms with Gasteiger partial charge in [-0.15, -0.1) is 0 Å². The van der Waals surface area contributed by atoms with Gasteiger partial charge in [-0.05, 0) is 52.5 Å². The maximum Gasteiger partial charge on any atom is 0.408 e. The van der Waals surface area contributed by atoms with Crippen LogP contribution in [0.3, 0.4) is 0 Å². The SMILES string of the molecule is CCCCCN(C(=O)C(CCC(N)=O)NC(=O)OC(C)(C)C)C(C(=O)NC(C)CCC)c1ccccc1. The highest BCUT2D eigenvalue weighted by Crippen LogP contribution is 2.24. The lowest BCUT2D eigenvalue weighted by Gasteiger charge is -2.35. The van der Waals surface area contributed by atoms with Gasteiger partial charge in [0.25, 0.3) is 0 Å². The van der Waals surface area contributed by atoms with Crippen molar-refractivity contribution in [3.05, 3.63) is 35.9 Å². The molecule has 0 aliphatic heterocycles. The van der Waals surface area contributed by atoms with E-state index in [4.69, 9.17) is 10.5 Å². The highest BCUT2D eigenvalue weighted by molar-refractivity contribution is 5.92. The van der Waals surface area contributed by atoms with Crippen molar-refractivity contribution >= 4 is 23.8 Å². The molecule has 9 nitrogen and oxygen atoms in total. The van der Waals surface area contributed by atoms with Gasteiger partial charge in [0, 0.05) is 19.0 Å². The Morgan fingerprint density at radius 2 is 1.62 bits per heavy atom. The van der Waals surface area contributed by atoms with Gasteiger partial charge < -0.3 is 26.0 Å². The number of carbonyl (C=O) groups is 4. The lowest BCUT2D eigenvalue weighted by atomic mass is 10.0. The first-order valence-electron chi connectivity index (χ1n) is 13.3. The standard InChI is InChI=1S/C28H46N4O5/c1-7-9-13-19-32(24(21-15-11-10-12-16-21)25(34)30-20(3)14-8-2)26(35)22(17-18-23(29)33)31-27(36)37-28(4,5)6/h10-12,15-16,20,22,24H,7-9,13-14,17-19H2,1-6H3,(H2,29,33)(H,30,34)(H,31,36). The first-order chi connectivity index (χ1) is 17.4. The summed E-state index contributed by atoms with van der Waals surface area (Å²) in [6, 6.07) is 7.07. The molecule has 9 heteroatoms. The number of alkyl carbamates (subject to hydrolysis) is 1. The van der Waals surface area contributed by atoms with E-state index in [1.54, 1.807) is 20.8 Å². The van der Waals surface area contributed by atoms with E-state index in [-0.39, 0.29) is 24.8 Å². The molecular formula is C28H46N4O5. The predicted octanol–water partition coefficient (Wildman–Crippen LogP) is 4.21. The Bertz CT molecular complexity index is 869. The van der Waals surface area contributed by atoms with Crippen molar-refractivity contribution in [2.45, 2.75) is 110 Å². The number of nitrogens with two attached hydrogens (primary N) is 1. The molecule has 0 heterocycles. The van der Waals surface area contributed by atoms with Crippen LogP contribution in [-0.2, 0) is 19.1 Å². The third kappa shape index (κ3) is 12.1. The van der Waals surface area contributed by atoms with E-state index in [0.717, 1.165) is 25.7 Å². The quantitative estimate of drug-likeness (QED) is 0.299. The molecule has 0 bridgehead atoms. The Hall–Kier alpha value is -3.10. The van der Waals surface area contributed by atoms with Gasteiger partial charge >= 0.3 is 6.09 Å². The number of benzene rings is 1. The molecule has 4 N–H and O–H groups in total. The molecular weight excluding hydrogens is 472 g/mol. The van der Waals surface area contributed by atoms with Crippen LogP contribution in [0.15, 0.2) is 30.3 Å². The van der Waals surface area contributed by atoms with Crippen molar-refractivity contribution in [1.82, 2.24) is 15.5 Å². The van der Waals surface area contributed by atoms with E-state index in [2.05, 4.69) is 17.6 Å². The minimum Gasteiger partial charge on any atom is -0.444 e. The van der Waals surface area contributed by atoms with Crippen LogP contribution < -0.4 is 16.4 Å². The second-order valence-corrected chi connectivity index (χ2v) is 10.5. The summed E-state index contributed by atoms with van der Waals surface area (Å²) in [6.45, 7) is 11.5. The summed E-state index contributed by atoms with van der Waals surface area (Å²) in [5.74, 6) is -1.34. The Morgan fingerprint density at radius 1 is 0.973 bits per heavy atom. The third-order valence-corrected chi connectivity index (χ3v) is 5.74. The smallest absolute Gasteiger partial charge is 0.408 e. The maximum absolute atomic E-state index is 14.0. The van der Waals surface area contributed by atoms with E-state index in [1.165, 1.54) is 4.90 Å². The molecule has 0 spiro atoms. The van der Waals surface area contributed by atoms with Crippen molar-refractivity contribution in [3.63, 3.8) is 0 Å². The molecule has 0 fully saturated rings.